The molecule has 0 aromatic rings. The highest BCUT2D eigenvalue weighted by Gasteiger charge is 2.07. The van der Waals surface area contributed by atoms with Crippen LogP contribution in [0, 0.1) is 5.92 Å². The smallest absolute Gasteiger partial charge is 0.243 e. The maximum atomic E-state index is 11.3. The molecule has 92 valence electrons. The van der Waals surface area contributed by atoms with Gasteiger partial charge in [-0.15, -0.1) is 0 Å². The minimum atomic E-state index is -0.0721. The Morgan fingerprint density at radius 3 is 2.69 bits per heavy atom. The van der Waals surface area contributed by atoms with E-state index in [9.17, 15) is 4.79 Å². The Bertz CT molecular complexity index is 228. The number of nitrogens with one attached hydrogen (secondary N) is 1. The second-order valence-corrected chi connectivity index (χ2v) is 3.80. The quantitative estimate of drug-likeness (QED) is 0.490. The summed E-state index contributed by atoms with van der Waals surface area (Å²) in [7, 11) is 0. The van der Waals surface area contributed by atoms with E-state index in [1.807, 2.05) is 19.1 Å². The Morgan fingerprint density at radius 1 is 1.38 bits per heavy atom. The van der Waals surface area contributed by atoms with Crippen molar-refractivity contribution in [2.24, 2.45) is 5.92 Å². The van der Waals surface area contributed by atoms with Crippen LogP contribution in [0.1, 0.15) is 33.1 Å². The van der Waals surface area contributed by atoms with E-state index in [1.165, 1.54) is 6.08 Å². The molecule has 0 spiro atoms. The molecule has 0 aromatic heterocycles. The Labute approximate surface area is 98.2 Å². The molecule has 0 bridgehead atoms. The number of aliphatic hydroxyl groups excluding tert-OH is 1. The summed E-state index contributed by atoms with van der Waals surface area (Å²) in [6, 6.07) is 0. The fourth-order valence-electron chi connectivity index (χ4n) is 1.50. The van der Waals surface area contributed by atoms with Crippen LogP contribution in [0.4, 0.5) is 0 Å². The van der Waals surface area contributed by atoms with E-state index in [2.05, 4.69) is 12.2 Å². The molecule has 0 aromatic carbocycles. The van der Waals surface area contributed by atoms with Gasteiger partial charge in [-0.3, -0.25) is 4.79 Å². The maximum Gasteiger partial charge on any atom is 0.243 e. The van der Waals surface area contributed by atoms with E-state index in [1.54, 1.807) is 6.08 Å². The molecule has 0 heterocycles. The Hall–Kier alpha value is -1.09. The number of hydrogen-bond donors (Lipinski definition) is 2. The lowest BCUT2D eigenvalue weighted by Crippen LogP contribution is -2.28. The SMILES string of the molecule is CC=C/C=C/C(=O)NCC(CCC)CCO. The maximum absolute atomic E-state index is 11.3. The molecule has 0 fully saturated rings. The van der Waals surface area contributed by atoms with Gasteiger partial charge in [0.25, 0.3) is 0 Å². The van der Waals surface area contributed by atoms with Crippen molar-refractivity contribution in [2.45, 2.75) is 33.1 Å². The molecule has 2 N–H and O–H groups in total. The van der Waals surface area contributed by atoms with Gasteiger partial charge in [-0.25, -0.2) is 0 Å². The van der Waals surface area contributed by atoms with Crippen LogP contribution < -0.4 is 5.32 Å². The molecule has 1 amide bonds. The van der Waals surface area contributed by atoms with Crippen molar-refractivity contribution in [3.05, 3.63) is 24.3 Å². The highest BCUT2D eigenvalue weighted by atomic mass is 16.3. The summed E-state index contributed by atoms with van der Waals surface area (Å²) in [5, 5.41) is 11.7. The molecule has 0 rings (SSSR count). The number of amides is 1. The molecular formula is C13H23NO2. The Kier molecular flexibility index (Phi) is 9.72. The van der Waals surface area contributed by atoms with Crippen molar-refractivity contribution in [3.63, 3.8) is 0 Å². The summed E-state index contributed by atoms with van der Waals surface area (Å²) < 4.78 is 0. The zero-order valence-electron chi connectivity index (χ0n) is 10.3. The molecule has 1 unspecified atom stereocenters. The van der Waals surface area contributed by atoms with E-state index in [-0.39, 0.29) is 12.5 Å². The van der Waals surface area contributed by atoms with Crippen LogP contribution in [-0.2, 0) is 4.79 Å². The largest absolute Gasteiger partial charge is 0.396 e. The van der Waals surface area contributed by atoms with Crippen molar-refractivity contribution < 1.29 is 9.90 Å². The molecule has 3 nitrogen and oxygen atoms in total. The zero-order chi connectivity index (χ0) is 12.2. The average molecular weight is 225 g/mol. The van der Waals surface area contributed by atoms with Crippen molar-refractivity contribution in [1.82, 2.24) is 5.32 Å². The van der Waals surface area contributed by atoms with Gasteiger partial charge in [0.1, 0.15) is 0 Å². The van der Waals surface area contributed by atoms with Crippen LogP contribution in [0.15, 0.2) is 24.3 Å². The summed E-state index contributed by atoms with van der Waals surface area (Å²) in [4.78, 5) is 11.3. The van der Waals surface area contributed by atoms with E-state index in [4.69, 9.17) is 5.11 Å². The molecule has 3 heteroatoms. The second-order valence-electron chi connectivity index (χ2n) is 3.80. The summed E-state index contributed by atoms with van der Waals surface area (Å²) >= 11 is 0. The topological polar surface area (TPSA) is 49.3 Å². The van der Waals surface area contributed by atoms with Crippen LogP contribution >= 0.6 is 0 Å². The summed E-state index contributed by atoms with van der Waals surface area (Å²) in [5.74, 6) is 0.311. The Morgan fingerprint density at radius 2 is 2.12 bits per heavy atom. The average Bonchev–Trinajstić information content (AvgIpc) is 2.27. The van der Waals surface area contributed by atoms with E-state index in [0.717, 1.165) is 19.3 Å². The van der Waals surface area contributed by atoms with Crippen molar-refractivity contribution >= 4 is 5.91 Å². The number of rotatable bonds is 8. The minimum absolute atomic E-state index is 0.0721. The minimum Gasteiger partial charge on any atom is -0.396 e. The highest BCUT2D eigenvalue weighted by molar-refractivity contribution is 5.87. The first-order valence-electron chi connectivity index (χ1n) is 5.92. The van der Waals surface area contributed by atoms with Crippen LogP contribution in [0.2, 0.25) is 0 Å². The van der Waals surface area contributed by atoms with Gasteiger partial charge in [-0.05, 0) is 25.7 Å². The number of hydrogen-bond acceptors (Lipinski definition) is 2. The van der Waals surface area contributed by atoms with Gasteiger partial charge >= 0.3 is 0 Å². The fraction of sp³-hybridized carbons (Fsp3) is 0.615. The van der Waals surface area contributed by atoms with Crippen LogP contribution in [0.3, 0.4) is 0 Å². The van der Waals surface area contributed by atoms with Gasteiger partial charge in [0, 0.05) is 19.2 Å². The first kappa shape index (κ1) is 14.9. The highest BCUT2D eigenvalue weighted by Crippen LogP contribution is 2.09. The van der Waals surface area contributed by atoms with E-state index in [0.29, 0.717) is 12.5 Å². The summed E-state index contributed by atoms with van der Waals surface area (Å²) in [6.07, 6.45) is 9.80. The number of aliphatic hydroxyl groups is 1. The van der Waals surface area contributed by atoms with E-state index < -0.39 is 0 Å². The van der Waals surface area contributed by atoms with Crippen LogP contribution in [-0.4, -0.2) is 24.2 Å². The van der Waals surface area contributed by atoms with Crippen molar-refractivity contribution in [3.8, 4) is 0 Å². The molecule has 1 atom stereocenters. The molecule has 0 saturated heterocycles. The lowest BCUT2D eigenvalue weighted by molar-refractivity contribution is -0.116. The van der Waals surface area contributed by atoms with E-state index >= 15 is 0 Å². The molecule has 0 saturated carbocycles. The van der Waals surface area contributed by atoms with Gasteiger partial charge in [0.05, 0.1) is 0 Å². The number of allylic oxidation sites excluding steroid dienone is 3. The lowest BCUT2D eigenvalue weighted by Gasteiger charge is -2.14. The third-order valence-corrected chi connectivity index (χ3v) is 2.35. The monoisotopic (exact) mass is 225 g/mol. The standard InChI is InChI=1S/C13H23NO2/c1-3-5-6-8-13(16)14-11-12(7-4-2)9-10-15/h3,5-6,8,12,15H,4,7,9-11H2,1-2H3,(H,14,16)/b5-3?,8-6+. The lowest BCUT2D eigenvalue weighted by atomic mass is 10.0. The van der Waals surface area contributed by atoms with Crippen molar-refractivity contribution in [1.29, 1.82) is 0 Å². The molecule has 0 aliphatic heterocycles. The Balaban J connectivity index is 3.85. The van der Waals surface area contributed by atoms with Gasteiger partial charge in [-0.2, -0.15) is 0 Å². The fourth-order valence-corrected chi connectivity index (χ4v) is 1.50. The van der Waals surface area contributed by atoms with Crippen LogP contribution in [0.25, 0.3) is 0 Å². The molecule has 0 aliphatic rings. The first-order valence-corrected chi connectivity index (χ1v) is 5.92. The third-order valence-electron chi connectivity index (χ3n) is 2.35. The van der Waals surface area contributed by atoms with Gasteiger partial charge < -0.3 is 10.4 Å². The predicted molar refractivity (Wildman–Crippen MR) is 67.1 cm³/mol. The number of carbonyl (C=O) groups excluding carboxylic acids is 1. The van der Waals surface area contributed by atoms with Crippen LogP contribution in [0.5, 0.6) is 0 Å². The number of carbonyl (C=O) groups is 1. The molecule has 0 radical (unpaired) electrons. The van der Waals surface area contributed by atoms with Crippen molar-refractivity contribution in [2.75, 3.05) is 13.2 Å². The van der Waals surface area contributed by atoms with Gasteiger partial charge in [-0.1, -0.05) is 31.6 Å². The van der Waals surface area contributed by atoms with Gasteiger partial charge in [0.15, 0.2) is 0 Å². The predicted octanol–water partition coefficient (Wildman–Crippen LogP) is 2.03. The second kappa shape index (κ2) is 10.4. The zero-order valence-corrected chi connectivity index (χ0v) is 10.3. The summed E-state index contributed by atoms with van der Waals surface area (Å²) in [5.41, 5.74) is 0. The first-order chi connectivity index (χ1) is 7.74. The molecule has 0 aliphatic carbocycles. The van der Waals surface area contributed by atoms with Gasteiger partial charge in [0.2, 0.25) is 5.91 Å². The third kappa shape index (κ3) is 8.24. The molecular weight excluding hydrogens is 202 g/mol. The molecule has 16 heavy (non-hydrogen) atoms. The normalized spacial score (nSPS) is 13.4. The summed E-state index contributed by atoms with van der Waals surface area (Å²) in [6.45, 7) is 4.85.